The fraction of sp³-hybridized carbons (Fsp3) is 0.435. The number of aromatic nitrogens is 1. The Balaban J connectivity index is 1.96. The first-order valence-electron chi connectivity index (χ1n) is 11.0. The van der Waals surface area contributed by atoms with Gasteiger partial charge in [-0.2, -0.15) is 0 Å². The molecule has 2 aromatic rings. The average Bonchev–Trinajstić information content (AvgIpc) is 2.84. The first kappa shape index (κ1) is 26.6. The molecule has 0 fully saturated rings. The Kier molecular flexibility index (Phi) is 8.47. The van der Waals surface area contributed by atoms with Crippen molar-refractivity contribution in [1.29, 1.82) is 0 Å². The second-order valence-electron chi connectivity index (χ2n) is 8.21. The number of benzene rings is 1. The number of nitrogens with zero attached hydrogens (tertiary/aromatic N) is 2. The van der Waals surface area contributed by atoms with Crippen molar-refractivity contribution in [2.45, 2.75) is 38.9 Å². The first-order valence-corrected chi connectivity index (χ1v) is 11.4. The highest BCUT2D eigenvalue weighted by Crippen LogP contribution is 2.28. The van der Waals surface area contributed by atoms with E-state index in [2.05, 4.69) is 5.32 Å². The van der Waals surface area contributed by atoms with Crippen LogP contribution in [0.2, 0.25) is 5.02 Å². The van der Waals surface area contributed by atoms with Crippen molar-refractivity contribution in [3.8, 4) is 5.75 Å². The van der Waals surface area contributed by atoms with Crippen LogP contribution >= 0.6 is 11.6 Å². The quantitative estimate of drug-likeness (QED) is 0.349. The SMILES string of the molecule is CCCOCC1CN([C@H](C)CO)C(=O)c2c(O)c(=O)c(C(=O)NCc3ccc(F)c(Cl)c3F)cn21. The summed E-state index contributed by atoms with van der Waals surface area (Å²) in [6.07, 6.45) is 1.89. The van der Waals surface area contributed by atoms with Gasteiger partial charge in [0.2, 0.25) is 5.43 Å². The van der Waals surface area contributed by atoms with Gasteiger partial charge in [-0.3, -0.25) is 14.4 Å². The predicted octanol–water partition coefficient (Wildman–Crippen LogP) is 2.22. The third kappa shape index (κ3) is 5.31. The van der Waals surface area contributed by atoms with Crippen molar-refractivity contribution in [3.05, 3.63) is 62.0 Å². The number of fused-ring (bicyclic) bond motifs is 1. The highest BCUT2D eigenvalue weighted by Gasteiger charge is 2.37. The summed E-state index contributed by atoms with van der Waals surface area (Å²) in [5.74, 6) is -4.54. The molecule has 2 amide bonds. The van der Waals surface area contributed by atoms with Gasteiger partial charge in [-0.05, 0) is 19.4 Å². The van der Waals surface area contributed by atoms with Crippen LogP contribution in [0.3, 0.4) is 0 Å². The number of aliphatic hydroxyl groups is 1. The Labute approximate surface area is 204 Å². The smallest absolute Gasteiger partial charge is 0.274 e. The highest BCUT2D eigenvalue weighted by atomic mass is 35.5. The molecule has 3 N–H and O–H groups in total. The minimum Gasteiger partial charge on any atom is -0.503 e. The summed E-state index contributed by atoms with van der Waals surface area (Å²) in [7, 11) is 0. The van der Waals surface area contributed by atoms with E-state index in [1.165, 1.54) is 9.47 Å². The minimum absolute atomic E-state index is 0.110. The van der Waals surface area contributed by atoms with E-state index >= 15 is 0 Å². The van der Waals surface area contributed by atoms with Crippen LogP contribution in [0.4, 0.5) is 8.78 Å². The molecule has 1 aromatic heterocycles. The zero-order valence-corrected chi connectivity index (χ0v) is 19.9. The lowest BCUT2D eigenvalue weighted by molar-refractivity contribution is 0.0347. The van der Waals surface area contributed by atoms with Crippen molar-refractivity contribution in [2.75, 3.05) is 26.4 Å². The van der Waals surface area contributed by atoms with E-state index in [9.17, 15) is 33.4 Å². The highest BCUT2D eigenvalue weighted by molar-refractivity contribution is 6.30. The van der Waals surface area contributed by atoms with E-state index < -0.39 is 63.8 Å². The number of pyridine rings is 1. The Morgan fingerprint density at radius 1 is 1.34 bits per heavy atom. The van der Waals surface area contributed by atoms with Gasteiger partial charge in [-0.15, -0.1) is 0 Å². The van der Waals surface area contributed by atoms with Gasteiger partial charge >= 0.3 is 0 Å². The third-order valence-electron chi connectivity index (χ3n) is 5.73. The third-order valence-corrected chi connectivity index (χ3v) is 6.08. The van der Waals surface area contributed by atoms with Crippen LogP contribution in [-0.2, 0) is 11.3 Å². The summed E-state index contributed by atoms with van der Waals surface area (Å²) < 4.78 is 34.5. The Morgan fingerprint density at radius 2 is 2.06 bits per heavy atom. The molecule has 190 valence electrons. The van der Waals surface area contributed by atoms with E-state index in [1.54, 1.807) is 6.92 Å². The number of aliphatic hydroxyl groups excluding tert-OH is 1. The van der Waals surface area contributed by atoms with Crippen molar-refractivity contribution < 1.29 is 33.3 Å². The summed E-state index contributed by atoms with van der Waals surface area (Å²) in [5.41, 5.74) is -2.00. The molecule has 2 atom stereocenters. The molecule has 9 nitrogen and oxygen atoms in total. The van der Waals surface area contributed by atoms with E-state index in [0.29, 0.717) is 6.61 Å². The second kappa shape index (κ2) is 11.1. The molecule has 0 aliphatic carbocycles. The van der Waals surface area contributed by atoms with Gasteiger partial charge < -0.3 is 29.7 Å². The summed E-state index contributed by atoms with van der Waals surface area (Å²) in [5, 5.41) is 21.8. The Morgan fingerprint density at radius 3 is 2.71 bits per heavy atom. The van der Waals surface area contributed by atoms with Crippen LogP contribution in [-0.4, -0.2) is 63.9 Å². The molecule has 0 spiro atoms. The zero-order valence-electron chi connectivity index (χ0n) is 19.2. The fourth-order valence-electron chi connectivity index (χ4n) is 3.76. The van der Waals surface area contributed by atoms with E-state index in [0.717, 1.165) is 24.8 Å². The molecule has 1 aliphatic rings. The van der Waals surface area contributed by atoms with E-state index in [1.807, 2.05) is 6.92 Å². The van der Waals surface area contributed by atoms with Gasteiger partial charge in [0.1, 0.15) is 22.2 Å². The molecule has 0 saturated carbocycles. The molecule has 1 aliphatic heterocycles. The zero-order chi connectivity index (χ0) is 25.9. The summed E-state index contributed by atoms with van der Waals surface area (Å²) in [6, 6.07) is 0.900. The number of hydrogen-bond donors (Lipinski definition) is 3. The molecule has 0 radical (unpaired) electrons. The minimum atomic E-state index is -1.09. The number of rotatable bonds is 9. The molecule has 1 aromatic carbocycles. The maximum Gasteiger partial charge on any atom is 0.274 e. The maximum atomic E-state index is 14.2. The van der Waals surface area contributed by atoms with Gasteiger partial charge in [0.05, 0.1) is 25.3 Å². The number of carbonyl (C=O) groups is 2. The van der Waals surface area contributed by atoms with Crippen LogP contribution < -0.4 is 10.7 Å². The number of aromatic hydroxyl groups is 1. The number of ether oxygens (including phenoxy) is 1. The average molecular weight is 514 g/mol. The molecule has 3 rings (SSSR count). The molecule has 35 heavy (non-hydrogen) atoms. The number of carbonyl (C=O) groups excluding carboxylic acids is 2. The van der Waals surface area contributed by atoms with E-state index in [-0.39, 0.29) is 31.0 Å². The standard InChI is InChI=1S/C23H26ClF2N3O6/c1-3-6-35-11-14-8-28(12(2)10-30)23(34)19-21(32)20(31)15(9-29(14)19)22(33)27-7-13-4-5-16(25)17(24)18(13)26/h4-5,9,12,14,30,32H,3,6-8,10-11H2,1-2H3,(H,27,33)/t12-,14?/m1/s1. The largest absolute Gasteiger partial charge is 0.503 e. The lowest BCUT2D eigenvalue weighted by Crippen LogP contribution is -2.50. The van der Waals surface area contributed by atoms with Crippen molar-refractivity contribution in [3.63, 3.8) is 0 Å². The van der Waals surface area contributed by atoms with Gasteiger partial charge in [0.25, 0.3) is 11.8 Å². The summed E-state index contributed by atoms with van der Waals surface area (Å²) in [6.45, 7) is 3.46. The first-order chi connectivity index (χ1) is 16.6. The van der Waals surface area contributed by atoms with Gasteiger partial charge in [0, 0.05) is 31.5 Å². The number of amides is 2. The second-order valence-corrected chi connectivity index (χ2v) is 8.59. The molecule has 0 bridgehead atoms. The maximum absolute atomic E-state index is 14.2. The molecular weight excluding hydrogens is 488 g/mol. The lowest BCUT2D eigenvalue weighted by atomic mass is 10.1. The summed E-state index contributed by atoms with van der Waals surface area (Å²) >= 11 is 5.55. The van der Waals surface area contributed by atoms with Crippen LogP contribution in [0.15, 0.2) is 23.1 Å². The molecule has 12 heteroatoms. The monoisotopic (exact) mass is 513 g/mol. The normalized spacial score (nSPS) is 16.2. The summed E-state index contributed by atoms with van der Waals surface area (Å²) in [4.78, 5) is 39.9. The fourth-order valence-corrected chi connectivity index (χ4v) is 3.95. The number of halogens is 3. The van der Waals surface area contributed by atoms with Gasteiger partial charge in [-0.25, -0.2) is 8.78 Å². The molecule has 2 heterocycles. The number of hydrogen-bond acceptors (Lipinski definition) is 6. The number of nitrogens with one attached hydrogen (secondary N) is 1. The van der Waals surface area contributed by atoms with Crippen LogP contribution in [0.5, 0.6) is 5.75 Å². The molecule has 1 unspecified atom stereocenters. The van der Waals surface area contributed by atoms with Crippen LogP contribution in [0.1, 0.15) is 52.7 Å². The van der Waals surface area contributed by atoms with Crippen molar-refractivity contribution in [2.24, 2.45) is 0 Å². The predicted molar refractivity (Wildman–Crippen MR) is 123 cm³/mol. The van der Waals surface area contributed by atoms with Crippen LogP contribution in [0.25, 0.3) is 0 Å². The molecule has 0 saturated heterocycles. The van der Waals surface area contributed by atoms with Crippen molar-refractivity contribution >= 4 is 23.4 Å². The topological polar surface area (TPSA) is 121 Å². The lowest BCUT2D eigenvalue weighted by Gasteiger charge is -2.39. The van der Waals surface area contributed by atoms with Gasteiger partial charge in [-0.1, -0.05) is 24.6 Å². The Bertz CT molecular complexity index is 1190. The van der Waals surface area contributed by atoms with Crippen molar-refractivity contribution in [1.82, 2.24) is 14.8 Å². The van der Waals surface area contributed by atoms with Crippen LogP contribution in [0, 0.1) is 11.6 Å². The van der Waals surface area contributed by atoms with Gasteiger partial charge in [0.15, 0.2) is 11.4 Å². The molecular formula is C23H26ClF2N3O6. The van der Waals surface area contributed by atoms with E-state index in [4.69, 9.17) is 16.3 Å². The Hall–Kier alpha value is -3.02.